The maximum Gasteiger partial charge on any atom is 0.321 e. The van der Waals surface area contributed by atoms with E-state index in [-0.39, 0.29) is 17.6 Å². The highest BCUT2D eigenvalue weighted by Gasteiger charge is 2.17. The van der Waals surface area contributed by atoms with E-state index in [0.717, 1.165) is 42.0 Å². The number of pyridine rings is 2. The molecular formula is C26H28N8O2. The van der Waals surface area contributed by atoms with Gasteiger partial charge in [-0.15, -0.1) is 0 Å². The third kappa shape index (κ3) is 5.18. The van der Waals surface area contributed by atoms with Crippen LogP contribution in [-0.2, 0) is 6.54 Å². The van der Waals surface area contributed by atoms with Crippen molar-refractivity contribution in [2.45, 2.75) is 19.4 Å². The van der Waals surface area contributed by atoms with Gasteiger partial charge in [0, 0.05) is 37.8 Å². The fourth-order valence-corrected chi connectivity index (χ4v) is 4.22. The number of benzene rings is 1. The van der Waals surface area contributed by atoms with E-state index in [0.29, 0.717) is 16.8 Å². The Morgan fingerprint density at radius 3 is 2.56 bits per heavy atom. The van der Waals surface area contributed by atoms with Crippen molar-refractivity contribution in [2.75, 3.05) is 37.8 Å². The molecule has 0 atom stereocenters. The Balaban J connectivity index is 1.33. The highest BCUT2D eigenvalue weighted by molar-refractivity contribution is 6.11. The van der Waals surface area contributed by atoms with Crippen molar-refractivity contribution in [3.8, 4) is 11.1 Å². The zero-order valence-electron chi connectivity index (χ0n) is 20.3. The quantitative estimate of drug-likeness (QED) is 0.381. The first-order valence-electron chi connectivity index (χ1n) is 11.9. The molecule has 1 aromatic carbocycles. The van der Waals surface area contributed by atoms with Gasteiger partial charge < -0.3 is 15.5 Å². The second-order valence-electron chi connectivity index (χ2n) is 9.10. The van der Waals surface area contributed by atoms with Crippen LogP contribution in [0.25, 0.3) is 22.0 Å². The molecule has 3 aromatic heterocycles. The molecule has 3 N–H and O–H groups in total. The molecule has 36 heavy (non-hydrogen) atoms. The SMILES string of the molecule is CN(C)C(=O)Nc1cncc(-c2ccc3[nH]nc(C(=O)Nc4ccc(CN5CCCC5)nc4)c3c2)c1. The van der Waals surface area contributed by atoms with Crippen molar-refractivity contribution in [3.05, 3.63) is 66.4 Å². The summed E-state index contributed by atoms with van der Waals surface area (Å²) in [5, 5.41) is 13.5. The van der Waals surface area contributed by atoms with Crippen LogP contribution >= 0.6 is 0 Å². The third-order valence-corrected chi connectivity index (χ3v) is 6.17. The maximum absolute atomic E-state index is 13.0. The van der Waals surface area contributed by atoms with Crippen LogP contribution in [0.3, 0.4) is 0 Å². The molecule has 0 saturated carbocycles. The molecule has 0 unspecified atom stereocenters. The van der Waals surface area contributed by atoms with Crippen LogP contribution in [0.1, 0.15) is 29.0 Å². The number of nitrogens with zero attached hydrogens (tertiary/aromatic N) is 5. The molecular weight excluding hydrogens is 456 g/mol. The van der Waals surface area contributed by atoms with Crippen LogP contribution in [0, 0.1) is 0 Å². The summed E-state index contributed by atoms with van der Waals surface area (Å²) in [5.41, 5.74) is 4.87. The molecule has 1 fully saturated rings. The van der Waals surface area contributed by atoms with Gasteiger partial charge >= 0.3 is 6.03 Å². The van der Waals surface area contributed by atoms with Crippen molar-refractivity contribution in [1.29, 1.82) is 0 Å². The number of nitrogens with one attached hydrogen (secondary N) is 3. The number of amides is 3. The number of H-pyrrole nitrogens is 1. The molecule has 0 bridgehead atoms. The van der Waals surface area contributed by atoms with Gasteiger partial charge in [-0.3, -0.25) is 24.8 Å². The van der Waals surface area contributed by atoms with Crippen molar-refractivity contribution in [3.63, 3.8) is 0 Å². The molecule has 5 rings (SSSR count). The highest BCUT2D eigenvalue weighted by Crippen LogP contribution is 2.27. The molecule has 0 spiro atoms. The number of carbonyl (C=O) groups excluding carboxylic acids is 2. The zero-order valence-corrected chi connectivity index (χ0v) is 20.3. The standard InChI is InChI=1S/C26H28N8O2/c1-33(2)26(36)30-21-11-18(13-27-14-21)17-5-8-23-22(12-17)24(32-31-23)25(35)29-19-6-7-20(28-15-19)16-34-9-3-4-10-34/h5-8,11-15H,3-4,9-10,16H2,1-2H3,(H,29,35)(H,30,36)(H,31,32). The first-order valence-corrected chi connectivity index (χ1v) is 11.9. The number of aromatic amines is 1. The summed E-state index contributed by atoms with van der Waals surface area (Å²) in [6, 6.07) is 11.1. The maximum atomic E-state index is 13.0. The monoisotopic (exact) mass is 484 g/mol. The minimum atomic E-state index is -0.322. The van der Waals surface area contributed by atoms with Gasteiger partial charge in [0.05, 0.1) is 35.0 Å². The Kier molecular flexibility index (Phi) is 6.59. The lowest BCUT2D eigenvalue weighted by molar-refractivity contribution is 0.102. The summed E-state index contributed by atoms with van der Waals surface area (Å²) in [5.74, 6) is -0.322. The van der Waals surface area contributed by atoms with E-state index in [1.807, 2.05) is 36.4 Å². The lowest BCUT2D eigenvalue weighted by Gasteiger charge is -2.13. The second-order valence-corrected chi connectivity index (χ2v) is 9.10. The lowest BCUT2D eigenvalue weighted by Crippen LogP contribution is -2.27. The van der Waals surface area contributed by atoms with Crippen LogP contribution in [-0.4, -0.2) is 69.1 Å². The number of urea groups is 1. The summed E-state index contributed by atoms with van der Waals surface area (Å²) in [6.07, 6.45) is 7.46. The number of aromatic nitrogens is 4. The van der Waals surface area contributed by atoms with Crippen molar-refractivity contribution >= 4 is 34.2 Å². The number of anilines is 2. The number of hydrogen-bond donors (Lipinski definition) is 3. The smallest absolute Gasteiger partial charge is 0.321 e. The predicted octanol–water partition coefficient (Wildman–Crippen LogP) is 3.96. The first kappa shape index (κ1) is 23.4. The summed E-state index contributed by atoms with van der Waals surface area (Å²) in [4.78, 5) is 37.6. The fourth-order valence-electron chi connectivity index (χ4n) is 4.22. The number of carbonyl (C=O) groups is 2. The van der Waals surface area contributed by atoms with E-state index in [1.54, 1.807) is 32.7 Å². The fraction of sp³-hybridized carbons (Fsp3) is 0.269. The lowest BCUT2D eigenvalue weighted by atomic mass is 10.0. The number of likely N-dealkylation sites (tertiary alicyclic amines) is 1. The molecule has 4 heterocycles. The van der Waals surface area contributed by atoms with Gasteiger partial charge in [-0.2, -0.15) is 5.10 Å². The van der Waals surface area contributed by atoms with Gasteiger partial charge in [0.25, 0.3) is 5.91 Å². The predicted molar refractivity (Wildman–Crippen MR) is 139 cm³/mol. The average Bonchev–Trinajstić information content (AvgIpc) is 3.55. The minimum absolute atomic E-state index is 0.239. The van der Waals surface area contributed by atoms with E-state index in [1.165, 1.54) is 17.7 Å². The van der Waals surface area contributed by atoms with Crippen LogP contribution < -0.4 is 10.6 Å². The number of fused-ring (bicyclic) bond motifs is 1. The summed E-state index contributed by atoms with van der Waals surface area (Å²) >= 11 is 0. The third-order valence-electron chi connectivity index (χ3n) is 6.17. The molecule has 184 valence electrons. The topological polar surface area (TPSA) is 119 Å². The summed E-state index contributed by atoms with van der Waals surface area (Å²) in [7, 11) is 3.34. The minimum Gasteiger partial charge on any atom is -0.331 e. The first-order chi connectivity index (χ1) is 17.5. The van der Waals surface area contributed by atoms with Crippen LogP contribution in [0.5, 0.6) is 0 Å². The Labute approximate surface area is 208 Å². The van der Waals surface area contributed by atoms with E-state index in [9.17, 15) is 9.59 Å². The van der Waals surface area contributed by atoms with Gasteiger partial charge in [0.15, 0.2) is 5.69 Å². The Morgan fingerprint density at radius 2 is 1.81 bits per heavy atom. The largest absolute Gasteiger partial charge is 0.331 e. The molecule has 0 radical (unpaired) electrons. The van der Waals surface area contributed by atoms with Crippen molar-refractivity contribution in [2.24, 2.45) is 0 Å². The van der Waals surface area contributed by atoms with Gasteiger partial charge in [-0.05, 0) is 61.8 Å². The van der Waals surface area contributed by atoms with Crippen LogP contribution in [0.2, 0.25) is 0 Å². The highest BCUT2D eigenvalue weighted by atomic mass is 16.2. The van der Waals surface area contributed by atoms with Crippen LogP contribution in [0.15, 0.2) is 55.0 Å². The van der Waals surface area contributed by atoms with Crippen molar-refractivity contribution < 1.29 is 9.59 Å². The zero-order chi connectivity index (χ0) is 25.1. The summed E-state index contributed by atoms with van der Waals surface area (Å²) in [6.45, 7) is 3.05. The van der Waals surface area contributed by atoms with Crippen molar-refractivity contribution in [1.82, 2.24) is 30.0 Å². The second kappa shape index (κ2) is 10.1. The molecule has 1 saturated heterocycles. The number of hydrogen-bond acceptors (Lipinski definition) is 6. The molecule has 3 amide bonds. The van der Waals surface area contributed by atoms with E-state index in [2.05, 4.69) is 35.7 Å². The van der Waals surface area contributed by atoms with E-state index in [4.69, 9.17) is 0 Å². The van der Waals surface area contributed by atoms with Gasteiger partial charge in [-0.1, -0.05) is 6.07 Å². The molecule has 1 aliphatic rings. The molecule has 0 aliphatic carbocycles. The Bertz CT molecular complexity index is 1390. The molecule has 10 nitrogen and oxygen atoms in total. The summed E-state index contributed by atoms with van der Waals surface area (Å²) < 4.78 is 0. The molecule has 1 aliphatic heterocycles. The molecule has 10 heteroatoms. The van der Waals surface area contributed by atoms with Gasteiger partial charge in [0.2, 0.25) is 0 Å². The van der Waals surface area contributed by atoms with Crippen LogP contribution in [0.4, 0.5) is 16.2 Å². The van der Waals surface area contributed by atoms with E-state index >= 15 is 0 Å². The van der Waals surface area contributed by atoms with Gasteiger partial charge in [-0.25, -0.2) is 4.79 Å². The molecule has 4 aromatic rings. The number of rotatable bonds is 6. The van der Waals surface area contributed by atoms with E-state index < -0.39 is 0 Å². The van der Waals surface area contributed by atoms with Gasteiger partial charge in [0.1, 0.15) is 0 Å². The Hall–Kier alpha value is -4.31. The Morgan fingerprint density at radius 1 is 0.972 bits per heavy atom. The average molecular weight is 485 g/mol. The normalized spacial score (nSPS) is 13.6.